The zero-order valence-corrected chi connectivity index (χ0v) is 24.7. The second-order valence-electron chi connectivity index (χ2n) is 10.5. The van der Waals surface area contributed by atoms with E-state index in [2.05, 4.69) is 157 Å². The lowest BCUT2D eigenvalue weighted by Crippen LogP contribution is -2.29. The summed E-state index contributed by atoms with van der Waals surface area (Å²) in [6.07, 6.45) is 13.4. The first-order valence-corrected chi connectivity index (χ1v) is 16.2. The SMILES string of the molecule is CC(C=CCC(c1ccccc1)c1ccccc1)[SiH2]Cn1ccnc1BC(=Cc1ccccc1)c1ccccc1. The molecule has 0 radical (unpaired) electrons. The van der Waals surface area contributed by atoms with E-state index in [0.29, 0.717) is 11.5 Å². The molecule has 0 amide bonds. The zero-order valence-electron chi connectivity index (χ0n) is 23.3. The van der Waals surface area contributed by atoms with Crippen LogP contribution in [-0.4, -0.2) is 26.4 Å². The van der Waals surface area contributed by atoms with Gasteiger partial charge in [0.1, 0.15) is 0 Å². The molecule has 0 aliphatic carbocycles. The summed E-state index contributed by atoms with van der Waals surface area (Å²) in [5, 5.41) is 0. The lowest BCUT2D eigenvalue weighted by Gasteiger charge is -2.17. The molecule has 198 valence electrons. The van der Waals surface area contributed by atoms with E-state index in [1.54, 1.807) is 0 Å². The summed E-state index contributed by atoms with van der Waals surface area (Å²) >= 11 is 0. The second kappa shape index (κ2) is 14.3. The van der Waals surface area contributed by atoms with Gasteiger partial charge in [-0.3, -0.25) is 4.98 Å². The highest BCUT2D eigenvalue weighted by molar-refractivity contribution is 6.73. The maximum atomic E-state index is 4.78. The van der Waals surface area contributed by atoms with Crippen molar-refractivity contribution in [3.63, 3.8) is 0 Å². The zero-order chi connectivity index (χ0) is 27.4. The van der Waals surface area contributed by atoms with Gasteiger partial charge < -0.3 is 4.57 Å². The normalized spacial score (nSPS) is 12.9. The Morgan fingerprint density at radius 1 is 0.800 bits per heavy atom. The predicted octanol–water partition coefficient (Wildman–Crippen LogP) is 6.86. The number of rotatable bonds is 12. The molecule has 1 atom stereocenters. The average Bonchev–Trinajstić information content (AvgIpc) is 3.46. The Morgan fingerprint density at radius 3 is 2.00 bits per heavy atom. The fourth-order valence-electron chi connectivity index (χ4n) is 5.24. The van der Waals surface area contributed by atoms with E-state index < -0.39 is 0 Å². The van der Waals surface area contributed by atoms with Gasteiger partial charge in [0.15, 0.2) is 0 Å². The highest BCUT2D eigenvalue weighted by Crippen LogP contribution is 2.28. The quantitative estimate of drug-likeness (QED) is 0.0968. The van der Waals surface area contributed by atoms with Gasteiger partial charge in [0.05, 0.1) is 15.2 Å². The molecule has 0 bridgehead atoms. The summed E-state index contributed by atoms with van der Waals surface area (Å²) in [5.41, 5.74) is 8.28. The van der Waals surface area contributed by atoms with Crippen LogP contribution in [0.5, 0.6) is 0 Å². The summed E-state index contributed by atoms with van der Waals surface area (Å²) in [6, 6.07) is 43.0. The van der Waals surface area contributed by atoms with Crippen molar-refractivity contribution in [3.05, 3.63) is 168 Å². The van der Waals surface area contributed by atoms with Gasteiger partial charge in [-0.2, -0.15) is 0 Å². The van der Waals surface area contributed by atoms with Gasteiger partial charge >= 0.3 is 0 Å². The highest BCUT2D eigenvalue weighted by Gasteiger charge is 2.14. The molecule has 0 aliphatic rings. The van der Waals surface area contributed by atoms with E-state index in [-0.39, 0.29) is 9.52 Å². The Hall–Kier alpha value is -4.15. The lowest BCUT2D eigenvalue weighted by atomic mass is 9.65. The van der Waals surface area contributed by atoms with Gasteiger partial charge in [0, 0.05) is 24.5 Å². The fourth-order valence-corrected chi connectivity index (χ4v) is 6.72. The summed E-state index contributed by atoms with van der Waals surface area (Å²) in [4.78, 5) is 4.78. The third-order valence-corrected chi connectivity index (χ3v) is 9.42. The van der Waals surface area contributed by atoms with Gasteiger partial charge in [-0.25, -0.2) is 0 Å². The van der Waals surface area contributed by atoms with Crippen molar-refractivity contribution >= 4 is 34.1 Å². The Bertz CT molecular complexity index is 1460. The number of nitrogens with zero attached hydrogens (tertiary/aromatic N) is 2. The molecule has 0 saturated heterocycles. The fraction of sp³-hybridized carbons (Fsp3) is 0.139. The van der Waals surface area contributed by atoms with Crippen molar-refractivity contribution in [1.29, 1.82) is 0 Å². The topological polar surface area (TPSA) is 17.8 Å². The molecule has 0 saturated carbocycles. The minimum absolute atomic E-state index is 0.362. The minimum Gasteiger partial charge on any atom is -0.346 e. The number of benzene rings is 4. The van der Waals surface area contributed by atoms with E-state index >= 15 is 0 Å². The van der Waals surface area contributed by atoms with E-state index in [9.17, 15) is 0 Å². The van der Waals surface area contributed by atoms with E-state index in [0.717, 1.165) is 25.6 Å². The van der Waals surface area contributed by atoms with Crippen LogP contribution in [-0.2, 0) is 6.17 Å². The van der Waals surface area contributed by atoms with Crippen LogP contribution in [0.15, 0.2) is 146 Å². The molecule has 0 fully saturated rings. The smallest absolute Gasteiger partial charge is 0.239 e. The number of aromatic nitrogens is 2. The van der Waals surface area contributed by atoms with Crippen LogP contribution in [0.1, 0.15) is 41.5 Å². The molecule has 0 N–H and O–H groups in total. The van der Waals surface area contributed by atoms with Gasteiger partial charge in [-0.05, 0) is 34.2 Å². The van der Waals surface area contributed by atoms with Gasteiger partial charge in [-0.15, -0.1) is 0 Å². The van der Waals surface area contributed by atoms with Crippen LogP contribution in [0.25, 0.3) is 11.5 Å². The largest absolute Gasteiger partial charge is 0.346 e. The summed E-state index contributed by atoms with van der Waals surface area (Å²) in [6.45, 7) is 2.38. The molecule has 0 spiro atoms. The van der Waals surface area contributed by atoms with Crippen LogP contribution in [0, 0.1) is 0 Å². The molecular weight excluding hydrogens is 499 g/mol. The maximum absolute atomic E-state index is 4.78. The molecular formula is C36H37BN2Si. The van der Waals surface area contributed by atoms with Crippen LogP contribution in [0.2, 0.25) is 5.54 Å². The summed E-state index contributed by atoms with van der Waals surface area (Å²) < 4.78 is 2.38. The molecule has 1 aromatic heterocycles. The van der Waals surface area contributed by atoms with Crippen molar-refractivity contribution in [1.82, 2.24) is 9.55 Å². The van der Waals surface area contributed by atoms with Gasteiger partial charge in [0.2, 0.25) is 7.28 Å². The van der Waals surface area contributed by atoms with Gasteiger partial charge in [0.25, 0.3) is 0 Å². The summed E-state index contributed by atoms with van der Waals surface area (Å²) in [5.74, 6) is 0.389. The predicted molar refractivity (Wildman–Crippen MR) is 176 cm³/mol. The molecule has 1 heterocycles. The van der Waals surface area contributed by atoms with Crippen molar-refractivity contribution < 1.29 is 0 Å². The first kappa shape index (κ1) is 27.4. The van der Waals surface area contributed by atoms with E-state index in [1.807, 2.05) is 6.20 Å². The molecule has 4 aromatic carbocycles. The monoisotopic (exact) mass is 536 g/mol. The maximum Gasteiger partial charge on any atom is 0.239 e. The van der Waals surface area contributed by atoms with E-state index in [4.69, 9.17) is 4.98 Å². The Kier molecular flexibility index (Phi) is 9.80. The van der Waals surface area contributed by atoms with Crippen molar-refractivity contribution in [2.24, 2.45) is 0 Å². The molecule has 5 rings (SSSR count). The third-order valence-electron chi connectivity index (χ3n) is 7.50. The number of hydrogen-bond donors (Lipinski definition) is 0. The van der Waals surface area contributed by atoms with Crippen molar-refractivity contribution in [2.45, 2.75) is 31.0 Å². The Labute approximate surface area is 242 Å². The number of hydrogen-bond acceptors (Lipinski definition) is 1. The van der Waals surface area contributed by atoms with E-state index in [1.165, 1.54) is 27.7 Å². The highest BCUT2D eigenvalue weighted by atomic mass is 28.2. The van der Waals surface area contributed by atoms with Crippen LogP contribution in [0.4, 0.5) is 0 Å². The van der Waals surface area contributed by atoms with Crippen LogP contribution >= 0.6 is 0 Å². The minimum atomic E-state index is -0.362. The number of imidazole rings is 1. The molecule has 5 aromatic rings. The van der Waals surface area contributed by atoms with Crippen molar-refractivity contribution in [2.75, 3.05) is 0 Å². The Morgan fingerprint density at radius 2 is 1.38 bits per heavy atom. The standard InChI is InChI=1S/C36H37BN2Si/c1-29(15-14-24-34(31-18-8-3-9-19-31)32-20-10-4-11-21-32)40-28-39-26-25-38-36(39)37-35(33-22-12-5-13-23-33)27-30-16-6-2-7-17-30/h2-23,25-27,29,34,37H,24,28,40H2,1H3. The third kappa shape index (κ3) is 7.71. The lowest BCUT2D eigenvalue weighted by molar-refractivity contribution is 0.825. The molecule has 0 aliphatic heterocycles. The average molecular weight is 537 g/mol. The Balaban J connectivity index is 1.23. The number of allylic oxidation sites excluding steroid dienone is 2. The van der Waals surface area contributed by atoms with Crippen molar-refractivity contribution in [3.8, 4) is 0 Å². The molecule has 1 unspecified atom stereocenters. The van der Waals surface area contributed by atoms with Crippen LogP contribution < -0.4 is 5.72 Å². The first-order valence-electron chi connectivity index (χ1n) is 14.3. The summed E-state index contributed by atoms with van der Waals surface area (Å²) in [7, 11) is 0.458. The first-order chi connectivity index (χ1) is 19.8. The molecule has 40 heavy (non-hydrogen) atoms. The van der Waals surface area contributed by atoms with Gasteiger partial charge in [-0.1, -0.05) is 152 Å². The molecule has 4 heteroatoms. The molecule has 2 nitrogen and oxygen atoms in total. The second-order valence-corrected chi connectivity index (χ2v) is 12.8. The van der Waals surface area contributed by atoms with Crippen LogP contribution in [0.3, 0.4) is 0 Å².